The van der Waals surface area contributed by atoms with E-state index in [9.17, 15) is 27.5 Å². The largest absolute Gasteiger partial charge is 0.435 e. The summed E-state index contributed by atoms with van der Waals surface area (Å²) in [6.07, 6.45) is 0.125. The molecule has 2 atom stereocenters. The van der Waals surface area contributed by atoms with Crippen LogP contribution in [-0.2, 0) is 9.53 Å². The van der Waals surface area contributed by atoms with Crippen LogP contribution in [0, 0.1) is 5.92 Å². The minimum absolute atomic E-state index is 0.147. The first-order valence-electron chi connectivity index (χ1n) is 8.45. The average Bonchev–Trinajstić information content (AvgIpc) is 2.48. The number of benzene rings is 1. The summed E-state index contributed by atoms with van der Waals surface area (Å²) in [6, 6.07) is 4.31. The molecule has 0 aliphatic heterocycles. The van der Waals surface area contributed by atoms with Crippen LogP contribution in [0.2, 0.25) is 0 Å². The third kappa shape index (κ3) is 9.58. The lowest BCUT2D eigenvalue weighted by atomic mass is 9.91. The summed E-state index contributed by atoms with van der Waals surface area (Å²) in [7, 11) is 0. The summed E-state index contributed by atoms with van der Waals surface area (Å²) in [5, 5.41) is 12.8. The number of ether oxygens (including phenoxy) is 2. The van der Waals surface area contributed by atoms with E-state index in [0.29, 0.717) is 6.42 Å². The molecule has 1 unspecified atom stereocenters. The Balaban J connectivity index is 2.89. The van der Waals surface area contributed by atoms with Crippen molar-refractivity contribution in [3.8, 4) is 5.75 Å². The van der Waals surface area contributed by atoms with Crippen LogP contribution in [0.3, 0.4) is 0 Å². The summed E-state index contributed by atoms with van der Waals surface area (Å²) in [4.78, 5) is 12.3. The highest BCUT2D eigenvalue weighted by molar-refractivity contribution is 5.77. The molecule has 0 bridgehead atoms. The van der Waals surface area contributed by atoms with E-state index >= 15 is 0 Å². The molecule has 0 radical (unpaired) electrons. The van der Waals surface area contributed by atoms with Crippen molar-refractivity contribution in [3.63, 3.8) is 0 Å². The lowest BCUT2D eigenvalue weighted by Crippen LogP contribution is -2.38. The van der Waals surface area contributed by atoms with Gasteiger partial charge in [-0.2, -0.15) is 17.6 Å². The molecule has 1 aromatic rings. The molecule has 0 saturated carbocycles. The second-order valence-corrected chi connectivity index (χ2v) is 6.94. The first-order valence-corrected chi connectivity index (χ1v) is 8.45. The van der Waals surface area contributed by atoms with E-state index in [1.807, 2.05) is 13.8 Å². The quantitative estimate of drug-likeness (QED) is 0.558. The Kier molecular flexibility index (Phi) is 8.98. The molecule has 27 heavy (non-hydrogen) atoms. The number of halogens is 4. The fourth-order valence-corrected chi connectivity index (χ4v) is 2.84. The minimum Gasteiger partial charge on any atom is -0.435 e. The van der Waals surface area contributed by atoms with E-state index < -0.39 is 37.4 Å². The highest BCUT2D eigenvalue weighted by Gasteiger charge is 2.27. The Bertz CT molecular complexity index is 596. The van der Waals surface area contributed by atoms with Gasteiger partial charge < -0.3 is 19.9 Å². The van der Waals surface area contributed by atoms with Crippen LogP contribution in [0.5, 0.6) is 5.75 Å². The van der Waals surface area contributed by atoms with Crippen LogP contribution in [0.15, 0.2) is 24.3 Å². The van der Waals surface area contributed by atoms with Gasteiger partial charge >= 0.3 is 13.2 Å². The molecule has 2 N–H and O–H groups in total. The molecule has 0 aromatic heterocycles. The number of hydrogen-bond acceptors (Lipinski definition) is 4. The van der Waals surface area contributed by atoms with E-state index in [4.69, 9.17) is 0 Å². The number of hydrogen-bond donors (Lipinski definition) is 2. The Morgan fingerprint density at radius 2 is 1.89 bits per heavy atom. The summed E-state index contributed by atoms with van der Waals surface area (Å²) >= 11 is 0. The van der Waals surface area contributed by atoms with E-state index in [2.05, 4.69) is 14.8 Å². The fraction of sp³-hybridized carbons (Fsp3) is 0.611. The molecular formula is C18H25F4NO4. The second-order valence-electron chi connectivity index (χ2n) is 6.94. The summed E-state index contributed by atoms with van der Waals surface area (Å²) in [5.74, 6) is -0.608. The molecule has 5 nitrogen and oxygen atoms in total. The molecule has 1 amide bonds. The Morgan fingerprint density at radius 3 is 2.44 bits per heavy atom. The number of amides is 1. The van der Waals surface area contributed by atoms with Crippen molar-refractivity contribution in [2.24, 2.45) is 5.92 Å². The lowest BCUT2D eigenvalue weighted by molar-refractivity contribution is -0.140. The first-order chi connectivity index (χ1) is 12.5. The minimum atomic E-state index is -3.06. The third-order valence-electron chi connectivity index (χ3n) is 3.60. The number of carbonyl (C=O) groups is 1. The molecule has 154 valence electrons. The number of alkyl halides is 4. The third-order valence-corrected chi connectivity index (χ3v) is 3.60. The van der Waals surface area contributed by atoms with Crippen molar-refractivity contribution in [1.29, 1.82) is 0 Å². The van der Waals surface area contributed by atoms with Gasteiger partial charge in [-0.15, -0.1) is 0 Å². The van der Waals surface area contributed by atoms with E-state index in [0.717, 1.165) is 0 Å². The summed E-state index contributed by atoms with van der Waals surface area (Å²) in [6.45, 7) is -1.40. The standard InChI is InChI=1S/C18H25F4NO4/c1-11(2)8-18(3,25)9-15(24)23-14(10-26-16(19)20)12-5-4-6-13(7-12)27-17(21)22/h4-7,11,14,16-17,25H,8-10H2,1-3H3,(H,23,24)/t14-,18?/m0/s1. The van der Waals surface area contributed by atoms with Gasteiger partial charge in [0.15, 0.2) is 0 Å². The SMILES string of the molecule is CC(C)CC(C)(O)CC(=O)N[C@@H](COC(F)F)c1cccc(OC(F)F)c1. The normalized spacial score (nSPS) is 15.1. The maximum absolute atomic E-state index is 12.4. The molecule has 0 aliphatic rings. The van der Waals surface area contributed by atoms with Crippen LogP contribution in [0.4, 0.5) is 17.6 Å². The monoisotopic (exact) mass is 395 g/mol. The Labute approximate surface area is 155 Å². The molecular weight excluding hydrogens is 370 g/mol. The maximum atomic E-state index is 12.4. The van der Waals surface area contributed by atoms with Crippen molar-refractivity contribution in [1.82, 2.24) is 5.32 Å². The van der Waals surface area contributed by atoms with Gasteiger partial charge in [0.05, 0.1) is 24.7 Å². The lowest BCUT2D eigenvalue weighted by Gasteiger charge is -2.26. The van der Waals surface area contributed by atoms with Gasteiger partial charge in [-0.3, -0.25) is 4.79 Å². The predicted molar refractivity (Wildman–Crippen MR) is 90.6 cm³/mol. The van der Waals surface area contributed by atoms with Gasteiger partial charge in [-0.05, 0) is 37.0 Å². The van der Waals surface area contributed by atoms with Gasteiger partial charge in [0.25, 0.3) is 0 Å². The zero-order valence-electron chi connectivity index (χ0n) is 15.4. The van der Waals surface area contributed by atoms with Crippen LogP contribution in [-0.4, -0.2) is 36.4 Å². The molecule has 1 aromatic carbocycles. The Hall–Kier alpha value is -1.87. The summed E-state index contributed by atoms with van der Waals surface area (Å²) in [5.41, 5.74) is -1.02. The number of aliphatic hydroxyl groups is 1. The molecule has 0 saturated heterocycles. The zero-order valence-corrected chi connectivity index (χ0v) is 15.4. The van der Waals surface area contributed by atoms with Crippen molar-refractivity contribution < 1.29 is 36.9 Å². The molecule has 9 heteroatoms. The highest BCUT2D eigenvalue weighted by atomic mass is 19.3. The van der Waals surface area contributed by atoms with Crippen LogP contribution >= 0.6 is 0 Å². The molecule has 0 aliphatic carbocycles. The van der Waals surface area contributed by atoms with E-state index in [-0.39, 0.29) is 23.7 Å². The topological polar surface area (TPSA) is 67.8 Å². The van der Waals surface area contributed by atoms with Crippen LogP contribution < -0.4 is 10.1 Å². The van der Waals surface area contributed by atoms with Crippen molar-refractivity contribution in [2.75, 3.05) is 6.61 Å². The van der Waals surface area contributed by atoms with Gasteiger partial charge in [-0.25, -0.2) is 0 Å². The van der Waals surface area contributed by atoms with Crippen LogP contribution in [0.1, 0.15) is 45.2 Å². The second kappa shape index (κ2) is 10.5. The molecule has 0 heterocycles. The van der Waals surface area contributed by atoms with Gasteiger partial charge in [0.1, 0.15) is 5.75 Å². The molecule has 0 fully saturated rings. The summed E-state index contributed by atoms with van der Waals surface area (Å²) < 4.78 is 58.1. The molecule has 0 spiro atoms. The van der Waals surface area contributed by atoms with Crippen molar-refractivity contribution >= 4 is 5.91 Å². The molecule has 1 rings (SSSR count). The van der Waals surface area contributed by atoms with Crippen LogP contribution in [0.25, 0.3) is 0 Å². The van der Waals surface area contributed by atoms with Gasteiger partial charge in [0.2, 0.25) is 5.91 Å². The van der Waals surface area contributed by atoms with E-state index in [1.165, 1.54) is 31.2 Å². The van der Waals surface area contributed by atoms with Gasteiger partial charge in [-0.1, -0.05) is 26.0 Å². The number of carbonyl (C=O) groups excluding carboxylic acids is 1. The highest BCUT2D eigenvalue weighted by Crippen LogP contribution is 2.24. The number of rotatable bonds is 11. The number of nitrogens with one attached hydrogen (secondary N) is 1. The predicted octanol–water partition coefficient (Wildman–Crippen LogP) is 3.87. The average molecular weight is 395 g/mol. The van der Waals surface area contributed by atoms with Crippen molar-refractivity contribution in [3.05, 3.63) is 29.8 Å². The first kappa shape index (κ1) is 23.2. The van der Waals surface area contributed by atoms with Gasteiger partial charge in [0, 0.05) is 0 Å². The van der Waals surface area contributed by atoms with E-state index in [1.54, 1.807) is 0 Å². The van der Waals surface area contributed by atoms with Crippen molar-refractivity contribution in [2.45, 2.75) is 58.5 Å². The maximum Gasteiger partial charge on any atom is 0.387 e. The fourth-order valence-electron chi connectivity index (χ4n) is 2.84. The Morgan fingerprint density at radius 1 is 1.22 bits per heavy atom. The zero-order chi connectivity index (χ0) is 20.6. The smallest absolute Gasteiger partial charge is 0.387 e.